The number of pyridine rings is 1. The zero-order valence-corrected chi connectivity index (χ0v) is 13.2. The zero-order valence-electron chi connectivity index (χ0n) is 12.3. The minimum Gasteiger partial charge on any atom is -0.331 e. The Labute approximate surface area is 130 Å². The van der Waals surface area contributed by atoms with Gasteiger partial charge in [-0.05, 0) is 56.8 Å². The molecule has 0 bridgehead atoms. The third-order valence-corrected chi connectivity index (χ3v) is 3.18. The summed E-state index contributed by atoms with van der Waals surface area (Å²) in [6.45, 7) is 5.99. The van der Waals surface area contributed by atoms with Crippen LogP contribution in [0, 0.1) is 13.8 Å². The molecule has 108 valence electrons. The van der Waals surface area contributed by atoms with Crippen LogP contribution >= 0.6 is 12.2 Å². The van der Waals surface area contributed by atoms with Crippen molar-refractivity contribution in [1.82, 2.24) is 10.4 Å². The first-order chi connectivity index (χ1) is 10.1. The lowest BCUT2D eigenvalue weighted by Crippen LogP contribution is -2.25. The molecule has 0 aliphatic carbocycles. The fraction of sp³-hybridized carbons (Fsp3) is 0.188. The number of anilines is 1. The second kappa shape index (κ2) is 6.95. The summed E-state index contributed by atoms with van der Waals surface area (Å²) in [7, 11) is 0. The van der Waals surface area contributed by atoms with E-state index in [1.807, 2.05) is 44.2 Å². The topological polar surface area (TPSA) is 49.3 Å². The molecule has 0 atom stereocenters. The molecule has 2 aromatic rings. The largest absolute Gasteiger partial charge is 0.331 e. The molecule has 4 nitrogen and oxygen atoms in total. The van der Waals surface area contributed by atoms with E-state index >= 15 is 0 Å². The van der Waals surface area contributed by atoms with E-state index in [1.54, 1.807) is 6.20 Å². The van der Waals surface area contributed by atoms with Gasteiger partial charge in [0.1, 0.15) is 0 Å². The van der Waals surface area contributed by atoms with Crippen molar-refractivity contribution in [3.63, 3.8) is 0 Å². The summed E-state index contributed by atoms with van der Waals surface area (Å²) in [5.74, 6) is 0. The minimum absolute atomic E-state index is 0.456. The van der Waals surface area contributed by atoms with Crippen molar-refractivity contribution < 1.29 is 0 Å². The molecule has 1 aromatic carbocycles. The third kappa shape index (κ3) is 4.36. The van der Waals surface area contributed by atoms with E-state index in [4.69, 9.17) is 12.2 Å². The maximum absolute atomic E-state index is 5.25. The van der Waals surface area contributed by atoms with Crippen molar-refractivity contribution >= 4 is 28.7 Å². The van der Waals surface area contributed by atoms with Gasteiger partial charge >= 0.3 is 0 Å². The number of aromatic nitrogens is 1. The van der Waals surface area contributed by atoms with E-state index in [-0.39, 0.29) is 0 Å². The van der Waals surface area contributed by atoms with Gasteiger partial charge in [-0.2, -0.15) is 5.10 Å². The quantitative estimate of drug-likeness (QED) is 0.518. The van der Waals surface area contributed by atoms with Gasteiger partial charge in [-0.3, -0.25) is 10.4 Å². The Balaban J connectivity index is 1.99. The lowest BCUT2D eigenvalue weighted by Gasteiger charge is -2.11. The van der Waals surface area contributed by atoms with Gasteiger partial charge in [0.05, 0.1) is 11.4 Å². The molecule has 2 N–H and O–H groups in total. The van der Waals surface area contributed by atoms with Gasteiger partial charge in [0.25, 0.3) is 0 Å². The summed E-state index contributed by atoms with van der Waals surface area (Å²) in [6, 6.07) is 11.9. The van der Waals surface area contributed by atoms with Crippen LogP contribution in [0.15, 0.2) is 47.7 Å². The summed E-state index contributed by atoms with van der Waals surface area (Å²) >= 11 is 5.25. The second-order valence-corrected chi connectivity index (χ2v) is 5.20. The highest BCUT2D eigenvalue weighted by molar-refractivity contribution is 7.80. The van der Waals surface area contributed by atoms with Crippen LogP contribution in [-0.2, 0) is 0 Å². The van der Waals surface area contributed by atoms with Gasteiger partial charge in [-0.25, -0.2) is 0 Å². The number of nitrogens with one attached hydrogen (secondary N) is 2. The van der Waals surface area contributed by atoms with Crippen LogP contribution in [0.3, 0.4) is 0 Å². The number of nitrogens with zero attached hydrogens (tertiary/aromatic N) is 2. The van der Waals surface area contributed by atoms with E-state index in [1.165, 1.54) is 5.56 Å². The Bertz CT molecular complexity index is 665. The molecule has 21 heavy (non-hydrogen) atoms. The lowest BCUT2D eigenvalue weighted by atomic mass is 10.1. The number of hydrazone groups is 1. The van der Waals surface area contributed by atoms with Gasteiger partial charge in [0, 0.05) is 11.9 Å². The smallest absolute Gasteiger partial charge is 0.191 e. The molecule has 1 aromatic heterocycles. The molecule has 0 saturated carbocycles. The third-order valence-electron chi connectivity index (χ3n) is 2.99. The number of hydrogen-bond acceptors (Lipinski definition) is 3. The van der Waals surface area contributed by atoms with Gasteiger partial charge in [-0.1, -0.05) is 23.8 Å². The summed E-state index contributed by atoms with van der Waals surface area (Å²) in [6.07, 6.45) is 1.74. The lowest BCUT2D eigenvalue weighted by molar-refractivity contribution is 1.03. The normalized spacial score (nSPS) is 11.1. The van der Waals surface area contributed by atoms with Crippen LogP contribution in [-0.4, -0.2) is 15.8 Å². The van der Waals surface area contributed by atoms with Crippen LogP contribution in [0.1, 0.15) is 23.7 Å². The van der Waals surface area contributed by atoms with Crippen molar-refractivity contribution in [3.05, 3.63) is 59.4 Å². The standard InChI is InChI=1S/C16H18N4S/c1-11-7-8-14(12(2)10-11)18-16(21)20-19-13(3)15-6-4-5-9-17-15/h4-10H,1-3H3,(H2,18,20,21)/b19-13+. The van der Waals surface area contributed by atoms with Gasteiger partial charge in [0.2, 0.25) is 0 Å². The predicted octanol–water partition coefficient (Wildman–Crippen LogP) is 3.41. The van der Waals surface area contributed by atoms with Crippen molar-refractivity contribution in [2.24, 2.45) is 5.10 Å². The van der Waals surface area contributed by atoms with E-state index in [0.29, 0.717) is 5.11 Å². The Morgan fingerprint density at radius 3 is 2.67 bits per heavy atom. The minimum atomic E-state index is 0.456. The molecule has 0 fully saturated rings. The van der Waals surface area contributed by atoms with Crippen LogP contribution in [0.5, 0.6) is 0 Å². The Kier molecular flexibility index (Phi) is 5.00. The first kappa shape index (κ1) is 15.1. The second-order valence-electron chi connectivity index (χ2n) is 4.80. The van der Waals surface area contributed by atoms with E-state index in [9.17, 15) is 0 Å². The average molecular weight is 298 g/mol. The highest BCUT2D eigenvalue weighted by Crippen LogP contribution is 2.15. The predicted molar refractivity (Wildman–Crippen MR) is 91.7 cm³/mol. The van der Waals surface area contributed by atoms with Crippen molar-refractivity contribution in [2.75, 3.05) is 5.32 Å². The maximum atomic E-state index is 5.25. The number of thiocarbonyl (C=S) groups is 1. The number of hydrogen-bond donors (Lipinski definition) is 2. The van der Waals surface area contributed by atoms with E-state index < -0.39 is 0 Å². The summed E-state index contributed by atoms with van der Waals surface area (Å²) in [5.41, 5.74) is 7.78. The van der Waals surface area contributed by atoms with Gasteiger partial charge in [0.15, 0.2) is 5.11 Å². The molecule has 0 radical (unpaired) electrons. The molecule has 1 heterocycles. The fourth-order valence-corrected chi connectivity index (χ4v) is 2.03. The highest BCUT2D eigenvalue weighted by atomic mass is 32.1. The zero-order chi connectivity index (χ0) is 15.2. The van der Waals surface area contributed by atoms with Crippen molar-refractivity contribution in [2.45, 2.75) is 20.8 Å². The highest BCUT2D eigenvalue weighted by Gasteiger charge is 2.02. The summed E-state index contributed by atoms with van der Waals surface area (Å²) < 4.78 is 0. The van der Waals surface area contributed by atoms with Crippen molar-refractivity contribution in [1.29, 1.82) is 0 Å². The first-order valence-corrected chi connectivity index (χ1v) is 7.07. The molecule has 0 amide bonds. The van der Waals surface area contributed by atoms with Gasteiger partial charge in [-0.15, -0.1) is 0 Å². The van der Waals surface area contributed by atoms with Crippen LogP contribution in [0.25, 0.3) is 0 Å². The molecular weight excluding hydrogens is 280 g/mol. The molecule has 5 heteroatoms. The first-order valence-electron chi connectivity index (χ1n) is 6.66. The van der Waals surface area contributed by atoms with Crippen LogP contribution in [0.2, 0.25) is 0 Å². The molecule has 0 saturated heterocycles. The summed E-state index contributed by atoms with van der Waals surface area (Å²) in [5, 5.41) is 7.83. The number of aryl methyl sites for hydroxylation is 2. The summed E-state index contributed by atoms with van der Waals surface area (Å²) in [4.78, 5) is 4.23. The van der Waals surface area contributed by atoms with Crippen LogP contribution in [0.4, 0.5) is 5.69 Å². The molecule has 0 aliphatic rings. The SMILES string of the molecule is C/C(=N\NC(=S)Nc1ccc(C)cc1C)c1ccccn1. The van der Waals surface area contributed by atoms with Crippen LogP contribution < -0.4 is 10.7 Å². The molecule has 2 rings (SSSR count). The van der Waals surface area contributed by atoms with Crippen molar-refractivity contribution in [3.8, 4) is 0 Å². The van der Waals surface area contributed by atoms with E-state index in [2.05, 4.69) is 33.8 Å². The fourth-order valence-electron chi connectivity index (χ4n) is 1.87. The monoisotopic (exact) mass is 298 g/mol. The molecule has 0 spiro atoms. The number of rotatable bonds is 3. The van der Waals surface area contributed by atoms with Gasteiger partial charge < -0.3 is 5.32 Å². The Morgan fingerprint density at radius 1 is 1.19 bits per heavy atom. The molecule has 0 aliphatic heterocycles. The Morgan fingerprint density at radius 2 is 2.00 bits per heavy atom. The number of benzene rings is 1. The molecule has 0 unspecified atom stereocenters. The van der Waals surface area contributed by atoms with E-state index in [0.717, 1.165) is 22.7 Å². The maximum Gasteiger partial charge on any atom is 0.191 e. The molecular formula is C16H18N4S. The average Bonchev–Trinajstić information content (AvgIpc) is 2.48. The Hall–Kier alpha value is -2.27.